The monoisotopic (exact) mass is 209 g/mol. The molecule has 0 N–H and O–H groups in total. The molecular weight excluding hydrogens is 198 g/mol. The van der Waals surface area contributed by atoms with Gasteiger partial charge in [-0.05, 0) is 18.2 Å². The van der Waals surface area contributed by atoms with E-state index in [1.165, 1.54) is 0 Å². The first-order valence-corrected chi connectivity index (χ1v) is 4.63. The van der Waals surface area contributed by atoms with Crippen molar-refractivity contribution in [3.63, 3.8) is 0 Å². The van der Waals surface area contributed by atoms with Crippen molar-refractivity contribution >= 4 is 23.6 Å². The Morgan fingerprint density at radius 2 is 2.29 bits per heavy atom. The van der Waals surface area contributed by atoms with E-state index in [0.29, 0.717) is 17.1 Å². The van der Waals surface area contributed by atoms with Crippen molar-refractivity contribution in [1.82, 2.24) is 0 Å². The quantitative estimate of drug-likeness (QED) is 0.562. The number of aldehydes is 1. The minimum Gasteiger partial charge on any atom is -0.370 e. The molecule has 0 aliphatic heterocycles. The second kappa shape index (κ2) is 4.82. The van der Waals surface area contributed by atoms with E-state index in [9.17, 15) is 4.79 Å². The minimum absolute atomic E-state index is 0.626. The van der Waals surface area contributed by atoms with E-state index >= 15 is 0 Å². The van der Waals surface area contributed by atoms with Gasteiger partial charge in [0.05, 0.1) is 0 Å². The lowest BCUT2D eigenvalue weighted by molar-refractivity contribution is 0.112. The van der Waals surface area contributed by atoms with Gasteiger partial charge in [-0.3, -0.25) is 4.79 Å². The van der Waals surface area contributed by atoms with Gasteiger partial charge in [-0.15, -0.1) is 6.58 Å². The van der Waals surface area contributed by atoms with Crippen molar-refractivity contribution in [3.8, 4) is 0 Å². The third-order valence-corrected chi connectivity index (χ3v) is 2.17. The molecule has 1 aromatic rings. The van der Waals surface area contributed by atoms with Gasteiger partial charge in [-0.2, -0.15) is 0 Å². The van der Waals surface area contributed by atoms with Crippen LogP contribution >= 0.6 is 11.6 Å². The second-order valence-corrected chi connectivity index (χ2v) is 3.43. The summed E-state index contributed by atoms with van der Waals surface area (Å²) in [7, 11) is 1.89. The Hall–Kier alpha value is -1.28. The number of carbonyl (C=O) groups excluding carboxylic acids is 1. The summed E-state index contributed by atoms with van der Waals surface area (Å²) in [6, 6.07) is 5.19. The molecule has 1 rings (SSSR count). The molecular formula is C11H12ClNO. The Morgan fingerprint density at radius 3 is 2.86 bits per heavy atom. The Kier molecular flexibility index (Phi) is 3.72. The molecule has 2 nitrogen and oxygen atoms in total. The molecule has 0 spiro atoms. The highest BCUT2D eigenvalue weighted by atomic mass is 35.5. The Bertz CT molecular complexity index is 349. The summed E-state index contributed by atoms with van der Waals surface area (Å²) >= 11 is 5.85. The summed E-state index contributed by atoms with van der Waals surface area (Å²) in [5, 5.41) is 0.626. The maximum atomic E-state index is 10.8. The lowest BCUT2D eigenvalue weighted by Gasteiger charge is -2.19. The topological polar surface area (TPSA) is 20.3 Å². The molecule has 0 radical (unpaired) electrons. The number of anilines is 1. The SMILES string of the molecule is C=CCN(C)c1cc(Cl)ccc1C=O. The third-order valence-electron chi connectivity index (χ3n) is 1.93. The van der Waals surface area contributed by atoms with Crippen LogP contribution in [0.2, 0.25) is 5.02 Å². The summed E-state index contributed by atoms with van der Waals surface area (Å²) in [5.74, 6) is 0. The van der Waals surface area contributed by atoms with Crippen LogP contribution < -0.4 is 4.90 Å². The smallest absolute Gasteiger partial charge is 0.152 e. The van der Waals surface area contributed by atoms with Gasteiger partial charge in [0.25, 0.3) is 0 Å². The van der Waals surface area contributed by atoms with Gasteiger partial charge in [0.15, 0.2) is 6.29 Å². The normalized spacial score (nSPS) is 9.57. The molecule has 0 fully saturated rings. The van der Waals surface area contributed by atoms with Crippen LogP contribution in [0.4, 0.5) is 5.69 Å². The highest BCUT2D eigenvalue weighted by Crippen LogP contribution is 2.22. The van der Waals surface area contributed by atoms with E-state index < -0.39 is 0 Å². The van der Waals surface area contributed by atoms with E-state index in [0.717, 1.165) is 12.0 Å². The average Bonchev–Trinajstić information content (AvgIpc) is 2.18. The molecule has 0 aromatic heterocycles. The van der Waals surface area contributed by atoms with Crippen molar-refractivity contribution in [2.75, 3.05) is 18.5 Å². The molecule has 0 saturated heterocycles. The maximum absolute atomic E-state index is 10.8. The second-order valence-electron chi connectivity index (χ2n) is 2.99. The van der Waals surface area contributed by atoms with Crippen LogP contribution in [-0.4, -0.2) is 19.9 Å². The fraction of sp³-hybridized carbons (Fsp3) is 0.182. The van der Waals surface area contributed by atoms with Gasteiger partial charge < -0.3 is 4.90 Å². The van der Waals surface area contributed by atoms with Crippen molar-refractivity contribution in [2.45, 2.75) is 0 Å². The van der Waals surface area contributed by atoms with Crippen molar-refractivity contribution < 1.29 is 4.79 Å². The van der Waals surface area contributed by atoms with E-state index in [1.807, 2.05) is 11.9 Å². The highest BCUT2D eigenvalue weighted by Gasteiger charge is 2.05. The van der Waals surface area contributed by atoms with Crippen LogP contribution in [0.5, 0.6) is 0 Å². The standard InChI is InChI=1S/C11H12ClNO/c1-3-6-13(2)11-7-10(12)5-4-9(11)8-14/h3-5,7-8H,1,6H2,2H3. The van der Waals surface area contributed by atoms with E-state index in [-0.39, 0.29) is 0 Å². The summed E-state index contributed by atoms with van der Waals surface area (Å²) in [5.41, 5.74) is 1.46. The van der Waals surface area contributed by atoms with Crippen molar-refractivity contribution in [2.24, 2.45) is 0 Å². The maximum Gasteiger partial charge on any atom is 0.152 e. The van der Waals surface area contributed by atoms with E-state index in [1.54, 1.807) is 24.3 Å². The molecule has 0 amide bonds. The fourth-order valence-electron chi connectivity index (χ4n) is 1.24. The van der Waals surface area contributed by atoms with Gasteiger partial charge in [0, 0.05) is 29.9 Å². The molecule has 0 unspecified atom stereocenters. The molecule has 14 heavy (non-hydrogen) atoms. The average molecular weight is 210 g/mol. The highest BCUT2D eigenvalue weighted by molar-refractivity contribution is 6.31. The number of hydrogen-bond donors (Lipinski definition) is 0. The first-order chi connectivity index (χ1) is 6.69. The first kappa shape index (κ1) is 10.8. The summed E-state index contributed by atoms with van der Waals surface area (Å²) in [6.45, 7) is 4.32. The molecule has 0 saturated carbocycles. The fourth-order valence-corrected chi connectivity index (χ4v) is 1.41. The number of nitrogens with zero attached hydrogens (tertiary/aromatic N) is 1. The zero-order valence-corrected chi connectivity index (χ0v) is 8.79. The number of hydrogen-bond acceptors (Lipinski definition) is 2. The molecule has 0 heterocycles. The summed E-state index contributed by atoms with van der Waals surface area (Å²) in [4.78, 5) is 12.7. The Balaban J connectivity index is 3.09. The lowest BCUT2D eigenvalue weighted by atomic mass is 10.2. The molecule has 1 aromatic carbocycles. The van der Waals surface area contributed by atoms with Crippen LogP contribution in [0.3, 0.4) is 0 Å². The van der Waals surface area contributed by atoms with E-state index in [4.69, 9.17) is 11.6 Å². The minimum atomic E-state index is 0.626. The number of likely N-dealkylation sites (N-methyl/N-ethyl adjacent to an activating group) is 1. The lowest BCUT2D eigenvalue weighted by Crippen LogP contribution is -2.18. The van der Waals surface area contributed by atoms with Gasteiger partial charge in [0.2, 0.25) is 0 Å². The predicted octanol–water partition coefficient (Wildman–Crippen LogP) is 2.77. The van der Waals surface area contributed by atoms with E-state index in [2.05, 4.69) is 6.58 Å². The van der Waals surface area contributed by atoms with Crippen LogP contribution in [-0.2, 0) is 0 Å². The Morgan fingerprint density at radius 1 is 1.57 bits per heavy atom. The molecule has 0 aliphatic rings. The van der Waals surface area contributed by atoms with Crippen LogP contribution in [0, 0.1) is 0 Å². The molecule has 74 valence electrons. The van der Waals surface area contributed by atoms with Crippen LogP contribution in [0.15, 0.2) is 30.9 Å². The number of benzene rings is 1. The largest absolute Gasteiger partial charge is 0.370 e. The molecule has 0 atom stereocenters. The number of rotatable bonds is 4. The predicted molar refractivity (Wildman–Crippen MR) is 60.3 cm³/mol. The molecule has 0 bridgehead atoms. The molecule has 0 aliphatic carbocycles. The van der Waals surface area contributed by atoms with Gasteiger partial charge in [0.1, 0.15) is 0 Å². The number of halogens is 1. The van der Waals surface area contributed by atoms with Gasteiger partial charge in [-0.25, -0.2) is 0 Å². The van der Waals surface area contributed by atoms with Crippen molar-refractivity contribution in [1.29, 1.82) is 0 Å². The zero-order valence-electron chi connectivity index (χ0n) is 8.03. The first-order valence-electron chi connectivity index (χ1n) is 4.25. The summed E-state index contributed by atoms with van der Waals surface area (Å²) < 4.78 is 0. The Labute approximate surface area is 88.8 Å². The summed E-state index contributed by atoms with van der Waals surface area (Å²) in [6.07, 6.45) is 2.60. The van der Waals surface area contributed by atoms with Gasteiger partial charge >= 0.3 is 0 Å². The molecule has 3 heteroatoms. The number of carbonyl (C=O) groups is 1. The van der Waals surface area contributed by atoms with Crippen LogP contribution in [0.25, 0.3) is 0 Å². The third kappa shape index (κ3) is 2.36. The van der Waals surface area contributed by atoms with Crippen molar-refractivity contribution in [3.05, 3.63) is 41.4 Å². The zero-order chi connectivity index (χ0) is 10.6. The van der Waals surface area contributed by atoms with Gasteiger partial charge in [-0.1, -0.05) is 17.7 Å². The van der Waals surface area contributed by atoms with Crippen LogP contribution in [0.1, 0.15) is 10.4 Å².